The quantitative estimate of drug-likeness (QED) is 0.119. The molecule has 5 heteroatoms. The molecule has 3 aliphatic heterocycles. The number of aliphatic hydroxyl groups is 1. The van der Waals surface area contributed by atoms with E-state index in [4.69, 9.17) is 18.9 Å². The maximum atomic E-state index is 10.7. The molecule has 3 saturated heterocycles. The molecule has 0 radical (unpaired) electrons. The largest absolute Gasteiger partial charge is 0.390 e. The lowest BCUT2D eigenvalue weighted by Crippen LogP contribution is -2.31. The summed E-state index contributed by atoms with van der Waals surface area (Å²) in [7, 11) is 0. The molecule has 5 nitrogen and oxygen atoms in total. The van der Waals surface area contributed by atoms with Crippen LogP contribution in [0.2, 0.25) is 0 Å². The Morgan fingerprint density at radius 1 is 0.700 bits per heavy atom. The minimum absolute atomic E-state index is 0.0526. The van der Waals surface area contributed by atoms with Crippen molar-refractivity contribution in [3.05, 3.63) is 0 Å². The van der Waals surface area contributed by atoms with Gasteiger partial charge in [-0.3, -0.25) is 0 Å². The molecule has 0 aromatic rings. The van der Waals surface area contributed by atoms with E-state index >= 15 is 0 Å². The van der Waals surface area contributed by atoms with Gasteiger partial charge in [-0.25, -0.2) is 0 Å². The Kier molecular flexibility index (Phi) is 16.5. The van der Waals surface area contributed by atoms with Crippen molar-refractivity contribution >= 4 is 0 Å². The van der Waals surface area contributed by atoms with Gasteiger partial charge >= 0.3 is 0 Å². The van der Waals surface area contributed by atoms with Gasteiger partial charge in [-0.1, -0.05) is 84.0 Å². The van der Waals surface area contributed by atoms with Crippen molar-refractivity contribution in [3.63, 3.8) is 0 Å². The fraction of sp³-hybridized carbons (Fsp3) is 0.943. The van der Waals surface area contributed by atoms with Gasteiger partial charge in [0.15, 0.2) is 5.79 Å². The molecule has 40 heavy (non-hydrogen) atoms. The highest BCUT2D eigenvalue weighted by molar-refractivity contribution is 4.99. The number of rotatable bonds is 20. The zero-order chi connectivity index (χ0) is 28.5. The van der Waals surface area contributed by atoms with E-state index in [1.165, 1.54) is 83.5 Å². The lowest BCUT2D eigenvalue weighted by Gasteiger charge is -2.22. The van der Waals surface area contributed by atoms with E-state index in [-0.39, 0.29) is 24.4 Å². The molecule has 1 N–H and O–H groups in total. The Balaban J connectivity index is 1.14. The summed E-state index contributed by atoms with van der Waals surface area (Å²) in [6.45, 7) is 6.99. The van der Waals surface area contributed by atoms with Gasteiger partial charge in [0.05, 0.1) is 43.2 Å². The molecule has 0 saturated carbocycles. The van der Waals surface area contributed by atoms with Crippen LogP contribution in [0.5, 0.6) is 0 Å². The summed E-state index contributed by atoms with van der Waals surface area (Å²) in [6.07, 6.45) is 26.6. The molecule has 4 unspecified atom stereocenters. The van der Waals surface area contributed by atoms with Gasteiger partial charge in [0.1, 0.15) is 0 Å². The van der Waals surface area contributed by atoms with Crippen molar-refractivity contribution in [3.8, 4) is 11.8 Å². The highest BCUT2D eigenvalue weighted by atomic mass is 16.7. The zero-order valence-electron chi connectivity index (χ0n) is 26.3. The monoisotopic (exact) mass is 562 g/mol. The third kappa shape index (κ3) is 13.6. The van der Waals surface area contributed by atoms with E-state index < -0.39 is 11.9 Å². The molecule has 232 valence electrons. The molecule has 6 atom stereocenters. The van der Waals surface area contributed by atoms with E-state index in [0.717, 1.165) is 58.0 Å². The van der Waals surface area contributed by atoms with Crippen LogP contribution >= 0.6 is 0 Å². The van der Waals surface area contributed by atoms with Crippen molar-refractivity contribution in [1.29, 1.82) is 0 Å². The summed E-state index contributed by atoms with van der Waals surface area (Å²) in [6, 6.07) is 0. The smallest absolute Gasteiger partial charge is 0.163 e. The average molecular weight is 563 g/mol. The third-order valence-corrected chi connectivity index (χ3v) is 9.03. The minimum atomic E-state index is -0.409. The summed E-state index contributed by atoms with van der Waals surface area (Å²) in [4.78, 5) is 0. The van der Waals surface area contributed by atoms with Gasteiger partial charge in [-0.05, 0) is 65.2 Å². The zero-order valence-corrected chi connectivity index (χ0v) is 26.3. The molecule has 0 spiro atoms. The first-order valence-electron chi connectivity index (χ1n) is 17.2. The van der Waals surface area contributed by atoms with Crippen molar-refractivity contribution in [1.82, 2.24) is 0 Å². The van der Waals surface area contributed by atoms with Crippen LogP contribution in [0.15, 0.2) is 0 Å². The molecule has 0 amide bonds. The van der Waals surface area contributed by atoms with Crippen LogP contribution in [0.1, 0.15) is 162 Å². The molecule has 0 aromatic heterocycles. The normalized spacial score (nSPS) is 28.6. The van der Waals surface area contributed by atoms with E-state index in [0.29, 0.717) is 12.5 Å². The van der Waals surface area contributed by atoms with Gasteiger partial charge in [0.2, 0.25) is 0 Å². The van der Waals surface area contributed by atoms with Crippen LogP contribution in [-0.4, -0.2) is 54.1 Å². The van der Waals surface area contributed by atoms with Crippen LogP contribution in [0.3, 0.4) is 0 Å². The number of hydrogen-bond acceptors (Lipinski definition) is 5. The maximum absolute atomic E-state index is 10.7. The van der Waals surface area contributed by atoms with Crippen LogP contribution in [0, 0.1) is 11.8 Å². The van der Waals surface area contributed by atoms with Gasteiger partial charge in [-0.15, -0.1) is 11.8 Å². The molecule has 0 aliphatic carbocycles. The number of hydrogen-bond donors (Lipinski definition) is 1. The molecule has 3 fully saturated rings. The Morgan fingerprint density at radius 2 is 1.30 bits per heavy atom. The van der Waals surface area contributed by atoms with Gasteiger partial charge in [0.25, 0.3) is 0 Å². The maximum Gasteiger partial charge on any atom is 0.163 e. The van der Waals surface area contributed by atoms with Crippen LogP contribution in [0.25, 0.3) is 0 Å². The second kappa shape index (κ2) is 19.5. The van der Waals surface area contributed by atoms with E-state index in [9.17, 15) is 5.11 Å². The SMILES string of the molecule is CCCCCCCCCCCCC#CCC[C@H](O)C1CCC(C2CCC(CCCCC[C@@H]3COC(C)(C)O3)O2)O1. The average Bonchev–Trinajstić information content (AvgIpc) is 3.68. The summed E-state index contributed by atoms with van der Waals surface area (Å²) in [5.74, 6) is 6.20. The fourth-order valence-electron chi connectivity index (χ4n) is 6.57. The molecule has 3 rings (SSSR count). The van der Waals surface area contributed by atoms with Gasteiger partial charge in [0, 0.05) is 12.8 Å². The van der Waals surface area contributed by atoms with Crippen molar-refractivity contribution in [2.24, 2.45) is 0 Å². The Morgan fingerprint density at radius 3 is 2.00 bits per heavy atom. The first-order valence-corrected chi connectivity index (χ1v) is 17.2. The lowest BCUT2D eigenvalue weighted by atomic mass is 10.0. The highest BCUT2D eigenvalue weighted by Gasteiger charge is 2.39. The molecule has 0 aromatic carbocycles. The Labute approximate surface area is 246 Å². The number of ether oxygens (including phenoxy) is 4. The molecular formula is C35H62O5. The summed E-state index contributed by atoms with van der Waals surface area (Å²) < 4.78 is 24.2. The first kappa shape index (κ1) is 33.9. The van der Waals surface area contributed by atoms with E-state index in [1.54, 1.807) is 0 Å². The summed E-state index contributed by atoms with van der Waals surface area (Å²) in [5, 5.41) is 10.7. The standard InChI is InChI=1S/C35H62O5/c1-4-5-6-7-8-9-10-11-12-13-14-15-16-20-23-31(36)32-26-27-34(39-32)33-25-24-29(38-33)21-18-17-19-22-30-28-37-35(2,3)40-30/h29-34,36H,4-14,17-28H2,1-3H3/t29?,30-,31+,32?,33?,34?/m1/s1. The second-order valence-corrected chi connectivity index (χ2v) is 13.1. The van der Waals surface area contributed by atoms with Crippen LogP contribution in [0.4, 0.5) is 0 Å². The van der Waals surface area contributed by atoms with Gasteiger partial charge in [-0.2, -0.15) is 0 Å². The van der Waals surface area contributed by atoms with E-state index in [2.05, 4.69) is 18.8 Å². The van der Waals surface area contributed by atoms with Crippen molar-refractivity contribution in [2.45, 2.75) is 204 Å². The fourth-order valence-corrected chi connectivity index (χ4v) is 6.57. The lowest BCUT2D eigenvalue weighted by molar-refractivity contribution is -0.139. The number of aliphatic hydroxyl groups excluding tert-OH is 1. The van der Waals surface area contributed by atoms with Crippen molar-refractivity contribution in [2.75, 3.05) is 6.61 Å². The Bertz CT molecular complexity index is 712. The number of unbranched alkanes of at least 4 members (excludes halogenated alkanes) is 12. The van der Waals surface area contributed by atoms with Gasteiger partial charge < -0.3 is 24.1 Å². The summed E-state index contributed by atoms with van der Waals surface area (Å²) in [5.41, 5.74) is 0. The second-order valence-electron chi connectivity index (χ2n) is 13.1. The third-order valence-electron chi connectivity index (χ3n) is 9.03. The molecule has 0 bridgehead atoms. The molecule has 3 heterocycles. The highest BCUT2D eigenvalue weighted by Crippen LogP contribution is 2.34. The summed E-state index contributed by atoms with van der Waals surface area (Å²) >= 11 is 0. The van der Waals surface area contributed by atoms with Crippen molar-refractivity contribution < 1.29 is 24.1 Å². The van der Waals surface area contributed by atoms with Crippen LogP contribution < -0.4 is 0 Å². The minimum Gasteiger partial charge on any atom is -0.390 e. The molecule has 3 aliphatic rings. The van der Waals surface area contributed by atoms with E-state index in [1.807, 2.05) is 13.8 Å². The predicted molar refractivity (Wildman–Crippen MR) is 163 cm³/mol. The van der Waals surface area contributed by atoms with Crippen LogP contribution in [-0.2, 0) is 18.9 Å². The topological polar surface area (TPSA) is 57.2 Å². The molecular weight excluding hydrogens is 500 g/mol. The Hall–Kier alpha value is -0.640. The first-order chi connectivity index (χ1) is 19.5. The predicted octanol–water partition coefficient (Wildman–Crippen LogP) is 8.64.